The molecule has 3 nitrogen and oxygen atoms in total. The standard InChI is InChI=1S/C15H20O3/c1-10-4-5-14(2,12(17)6-10)15(3)8-11(9-16)7-13(15)18/h6-7,16H,4-5,8-9H2,1-3H3. The van der Waals surface area contributed by atoms with E-state index in [2.05, 4.69) is 0 Å². The minimum absolute atomic E-state index is 0.0182. The van der Waals surface area contributed by atoms with Crippen LogP contribution in [-0.4, -0.2) is 23.3 Å². The second-order valence-electron chi connectivity index (χ2n) is 6.02. The van der Waals surface area contributed by atoms with Crippen LogP contribution in [0.1, 0.15) is 40.0 Å². The SMILES string of the molecule is CC1=CC(=O)C(C)(C2(C)CC(CO)=CC2=O)CC1. The number of hydrogen-bond acceptors (Lipinski definition) is 3. The average molecular weight is 248 g/mol. The van der Waals surface area contributed by atoms with Crippen molar-refractivity contribution in [1.82, 2.24) is 0 Å². The summed E-state index contributed by atoms with van der Waals surface area (Å²) < 4.78 is 0. The van der Waals surface area contributed by atoms with E-state index >= 15 is 0 Å². The van der Waals surface area contributed by atoms with Crippen LogP contribution < -0.4 is 0 Å². The molecule has 2 aliphatic rings. The van der Waals surface area contributed by atoms with Gasteiger partial charge in [0.25, 0.3) is 0 Å². The Bertz CT molecular complexity index is 472. The highest BCUT2D eigenvalue weighted by Crippen LogP contribution is 2.53. The molecule has 2 aliphatic carbocycles. The third-order valence-corrected chi connectivity index (χ3v) is 4.82. The minimum atomic E-state index is -0.695. The van der Waals surface area contributed by atoms with Gasteiger partial charge in [-0.3, -0.25) is 9.59 Å². The highest BCUT2D eigenvalue weighted by atomic mass is 16.3. The summed E-state index contributed by atoms with van der Waals surface area (Å²) in [6.45, 7) is 5.61. The van der Waals surface area contributed by atoms with E-state index in [0.717, 1.165) is 17.6 Å². The van der Waals surface area contributed by atoms with E-state index in [-0.39, 0.29) is 18.2 Å². The predicted octanol–water partition coefficient (Wildman–Crippen LogP) is 2.20. The molecule has 3 heteroatoms. The van der Waals surface area contributed by atoms with Gasteiger partial charge in [0.15, 0.2) is 11.6 Å². The fourth-order valence-corrected chi connectivity index (χ4v) is 3.08. The quantitative estimate of drug-likeness (QED) is 0.815. The highest BCUT2D eigenvalue weighted by molar-refractivity contribution is 6.06. The zero-order chi connectivity index (χ0) is 13.6. The lowest BCUT2D eigenvalue weighted by atomic mass is 9.57. The Labute approximate surface area is 108 Å². The second kappa shape index (κ2) is 4.16. The molecule has 0 aromatic heterocycles. The van der Waals surface area contributed by atoms with Crippen molar-refractivity contribution in [3.63, 3.8) is 0 Å². The number of hydrogen-bond donors (Lipinski definition) is 1. The lowest BCUT2D eigenvalue weighted by Crippen LogP contribution is -2.47. The monoisotopic (exact) mass is 248 g/mol. The molecule has 0 heterocycles. The van der Waals surface area contributed by atoms with E-state index in [4.69, 9.17) is 0 Å². The van der Waals surface area contributed by atoms with Crippen LogP contribution in [-0.2, 0) is 9.59 Å². The van der Waals surface area contributed by atoms with Crippen molar-refractivity contribution in [1.29, 1.82) is 0 Å². The molecular formula is C15H20O3. The molecule has 0 radical (unpaired) electrons. The molecule has 2 rings (SSSR count). The summed E-state index contributed by atoms with van der Waals surface area (Å²) in [7, 11) is 0. The molecule has 0 spiro atoms. The Kier molecular flexibility index (Phi) is 3.06. The first-order chi connectivity index (χ1) is 8.33. The first-order valence-electron chi connectivity index (χ1n) is 6.40. The number of allylic oxidation sites excluding steroid dienone is 3. The van der Waals surface area contributed by atoms with Crippen LogP contribution in [0.3, 0.4) is 0 Å². The summed E-state index contributed by atoms with van der Waals surface area (Å²) in [5, 5.41) is 9.19. The summed E-state index contributed by atoms with van der Waals surface area (Å²) in [6, 6.07) is 0. The smallest absolute Gasteiger partial charge is 0.162 e. The van der Waals surface area contributed by atoms with Gasteiger partial charge in [0.1, 0.15) is 0 Å². The van der Waals surface area contributed by atoms with E-state index in [1.165, 1.54) is 6.08 Å². The molecule has 0 amide bonds. The summed E-state index contributed by atoms with van der Waals surface area (Å²) in [4.78, 5) is 24.6. The number of rotatable bonds is 2. The summed E-state index contributed by atoms with van der Waals surface area (Å²) in [5.41, 5.74) is 0.487. The number of carbonyl (C=O) groups is 2. The summed E-state index contributed by atoms with van der Waals surface area (Å²) in [6.07, 6.45) is 5.27. The van der Waals surface area contributed by atoms with E-state index in [1.54, 1.807) is 6.08 Å². The first kappa shape index (κ1) is 13.2. The van der Waals surface area contributed by atoms with Crippen molar-refractivity contribution in [2.75, 3.05) is 6.61 Å². The maximum absolute atomic E-state index is 12.3. The maximum atomic E-state index is 12.3. The van der Waals surface area contributed by atoms with Crippen LogP contribution in [0, 0.1) is 10.8 Å². The third kappa shape index (κ3) is 1.69. The van der Waals surface area contributed by atoms with Crippen LogP contribution in [0.25, 0.3) is 0 Å². The zero-order valence-corrected chi connectivity index (χ0v) is 11.2. The first-order valence-corrected chi connectivity index (χ1v) is 6.40. The van der Waals surface area contributed by atoms with Gasteiger partial charge < -0.3 is 5.11 Å². The van der Waals surface area contributed by atoms with Gasteiger partial charge in [-0.2, -0.15) is 0 Å². The number of ketones is 2. The molecule has 0 aliphatic heterocycles. The van der Waals surface area contributed by atoms with Gasteiger partial charge in [-0.1, -0.05) is 19.4 Å². The van der Waals surface area contributed by atoms with Gasteiger partial charge in [0.05, 0.1) is 6.61 Å². The Morgan fingerprint density at radius 1 is 1.17 bits per heavy atom. The number of carbonyl (C=O) groups excluding carboxylic acids is 2. The van der Waals surface area contributed by atoms with Gasteiger partial charge >= 0.3 is 0 Å². The van der Waals surface area contributed by atoms with E-state index < -0.39 is 10.8 Å². The zero-order valence-electron chi connectivity index (χ0n) is 11.2. The van der Waals surface area contributed by atoms with Gasteiger partial charge in [-0.25, -0.2) is 0 Å². The van der Waals surface area contributed by atoms with Crippen molar-refractivity contribution >= 4 is 11.6 Å². The molecule has 0 aromatic rings. The normalized spacial score (nSPS) is 36.7. The molecule has 1 N–H and O–H groups in total. The van der Waals surface area contributed by atoms with Crippen LogP contribution in [0.4, 0.5) is 0 Å². The molecular weight excluding hydrogens is 228 g/mol. The highest BCUT2D eigenvalue weighted by Gasteiger charge is 2.55. The second-order valence-corrected chi connectivity index (χ2v) is 6.02. The maximum Gasteiger partial charge on any atom is 0.162 e. The molecule has 0 saturated carbocycles. The van der Waals surface area contributed by atoms with E-state index in [1.807, 2.05) is 20.8 Å². The van der Waals surface area contributed by atoms with E-state index in [0.29, 0.717) is 12.8 Å². The van der Waals surface area contributed by atoms with Crippen LogP contribution in [0.15, 0.2) is 23.3 Å². The lowest BCUT2D eigenvalue weighted by Gasteiger charge is -2.43. The summed E-state index contributed by atoms with van der Waals surface area (Å²) >= 11 is 0. The Balaban J connectivity index is 2.38. The average Bonchev–Trinajstić information content (AvgIpc) is 2.62. The van der Waals surface area contributed by atoms with Crippen LogP contribution >= 0.6 is 0 Å². The van der Waals surface area contributed by atoms with Crippen molar-refractivity contribution in [2.45, 2.75) is 40.0 Å². The molecule has 0 saturated heterocycles. The molecule has 0 aromatic carbocycles. The topological polar surface area (TPSA) is 54.4 Å². The van der Waals surface area contributed by atoms with Crippen molar-refractivity contribution < 1.29 is 14.7 Å². The van der Waals surface area contributed by atoms with Gasteiger partial charge in [-0.15, -0.1) is 0 Å². The van der Waals surface area contributed by atoms with Crippen molar-refractivity contribution in [3.8, 4) is 0 Å². The molecule has 98 valence electrons. The minimum Gasteiger partial charge on any atom is -0.392 e. The fraction of sp³-hybridized carbons (Fsp3) is 0.600. The summed E-state index contributed by atoms with van der Waals surface area (Å²) in [5.74, 6) is 0.0324. The van der Waals surface area contributed by atoms with Crippen LogP contribution in [0.2, 0.25) is 0 Å². The van der Waals surface area contributed by atoms with Crippen molar-refractivity contribution in [3.05, 3.63) is 23.3 Å². The largest absolute Gasteiger partial charge is 0.392 e. The number of aliphatic hydroxyl groups excluding tert-OH is 1. The van der Waals surface area contributed by atoms with Crippen molar-refractivity contribution in [2.24, 2.45) is 10.8 Å². The fourth-order valence-electron chi connectivity index (χ4n) is 3.08. The molecule has 18 heavy (non-hydrogen) atoms. The molecule has 2 unspecified atom stereocenters. The molecule has 0 fully saturated rings. The Hall–Kier alpha value is -1.22. The van der Waals surface area contributed by atoms with E-state index in [9.17, 15) is 14.7 Å². The number of aliphatic hydroxyl groups is 1. The van der Waals surface area contributed by atoms with Crippen LogP contribution in [0.5, 0.6) is 0 Å². The molecule has 2 atom stereocenters. The van der Waals surface area contributed by atoms with Gasteiger partial charge in [0, 0.05) is 10.8 Å². The Morgan fingerprint density at radius 3 is 2.28 bits per heavy atom. The molecule has 0 bridgehead atoms. The Morgan fingerprint density at radius 2 is 1.78 bits per heavy atom. The van der Waals surface area contributed by atoms with Gasteiger partial charge in [-0.05, 0) is 43.9 Å². The van der Waals surface area contributed by atoms with Gasteiger partial charge in [0.2, 0.25) is 0 Å². The lowest BCUT2D eigenvalue weighted by molar-refractivity contribution is -0.141. The predicted molar refractivity (Wildman–Crippen MR) is 69.0 cm³/mol. The third-order valence-electron chi connectivity index (χ3n) is 4.82.